The molecule has 0 radical (unpaired) electrons. The van der Waals surface area contributed by atoms with Crippen LogP contribution in [0.2, 0.25) is 0 Å². The predicted octanol–water partition coefficient (Wildman–Crippen LogP) is 16.6. The summed E-state index contributed by atoms with van der Waals surface area (Å²) in [4.78, 5) is 10.9. The maximum absolute atomic E-state index is 5.53. The van der Waals surface area contributed by atoms with E-state index in [0.29, 0.717) is 5.82 Å². The number of aromatic nitrogens is 2. The van der Waals surface area contributed by atoms with Gasteiger partial charge in [-0.15, -0.1) is 0 Å². The average Bonchev–Trinajstić information content (AvgIpc) is 3.72. The highest BCUT2D eigenvalue weighted by Crippen LogP contribution is 2.58. The van der Waals surface area contributed by atoms with Crippen molar-refractivity contribution in [1.82, 2.24) is 9.97 Å². The van der Waals surface area contributed by atoms with Gasteiger partial charge in [0.1, 0.15) is 0 Å². The molecule has 2 heteroatoms. The summed E-state index contributed by atoms with van der Waals surface area (Å²) in [5, 5.41) is 7.47. The van der Waals surface area contributed by atoms with Crippen LogP contribution in [0.15, 0.2) is 255 Å². The molecule has 1 aliphatic rings. The first-order valence-corrected chi connectivity index (χ1v) is 23.1. The number of hydrogen-bond acceptors (Lipinski definition) is 2. The van der Waals surface area contributed by atoms with Crippen LogP contribution in [0.5, 0.6) is 0 Å². The molecular weight excluding hydrogens is 809 g/mol. The van der Waals surface area contributed by atoms with Crippen molar-refractivity contribution < 1.29 is 0 Å². The van der Waals surface area contributed by atoms with Gasteiger partial charge in [0.05, 0.1) is 16.8 Å². The molecule has 67 heavy (non-hydrogen) atoms. The largest absolute Gasteiger partial charge is 0.228 e. The first-order chi connectivity index (χ1) is 33.2. The van der Waals surface area contributed by atoms with Crippen molar-refractivity contribution in [2.45, 2.75) is 5.41 Å². The number of fused-ring (bicyclic) bond motifs is 7. The molecule has 0 atom stereocenters. The van der Waals surface area contributed by atoms with E-state index >= 15 is 0 Å². The second kappa shape index (κ2) is 15.8. The molecular formula is C65H42N2. The first kappa shape index (κ1) is 38.7. The molecule has 0 spiro atoms. The number of rotatable bonds is 7. The minimum atomic E-state index is -0.523. The molecule has 0 aliphatic heterocycles. The van der Waals surface area contributed by atoms with Crippen LogP contribution in [0.4, 0.5) is 0 Å². The van der Waals surface area contributed by atoms with Gasteiger partial charge in [0.2, 0.25) is 0 Å². The zero-order chi connectivity index (χ0) is 44.3. The fraction of sp³-hybridized carbons (Fsp3) is 0.0154. The van der Waals surface area contributed by atoms with Crippen molar-refractivity contribution in [1.29, 1.82) is 0 Å². The van der Waals surface area contributed by atoms with Crippen LogP contribution in [0, 0.1) is 0 Å². The molecule has 0 bridgehead atoms. The Labute approximate surface area is 390 Å². The second-order valence-corrected chi connectivity index (χ2v) is 17.6. The SMILES string of the molecule is c1ccc(-c2ccc(-c3cc(-c4cccc5c4-c4ccccc4C5(c4ccccc4)c4ccccc4)nc(-c4ccc(-c5c6ccccc6cc6c5ccc5ccccc56)cc4)n3)cc2)cc1. The van der Waals surface area contributed by atoms with E-state index < -0.39 is 5.41 Å². The van der Waals surface area contributed by atoms with Crippen LogP contribution in [-0.4, -0.2) is 9.97 Å². The molecule has 0 amide bonds. The topological polar surface area (TPSA) is 25.8 Å². The maximum atomic E-state index is 5.53. The fourth-order valence-corrected chi connectivity index (χ4v) is 11.0. The van der Waals surface area contributed by atoms with E-state index in [4.69, 9.17) is 9.97 Å². The molecule has 0 saturated heterocycles. The van der Waals surface area contributed by atoms with Crippen molar-refractivity contribution in [2.24, 2.45) is 0 Å². The van der Waals surface area contributed by atoms with Gasteiger partial charge in [-0.3, -0.25) is 0 Å². The first-order valence-electron chi connectivity index (χ1n) is 23.1. The zero-order valence-corrected chi connectivity index (χ0v) is 36.6. The van der Waals surface area contributed by atoms with E-state index in [9.17, 15) is 0 Å². The zero-order valence-electron chi connectivity index (χ0n) is 36.6. The minimum Gasteiger partial charge on any atom is -0.228 e. The van der Waals surface area contributed by atoms with Crippen molar-refractivity contribution in [3.8, 4) is 67.3 Å². The highest BCUT2D eigenvalue weighted by molar-refractivity contribution is 6.20. The lowest BCUT2D eigenvalue weighted by atomic mass is 9.67. The molecule has 312 valence electrons. The third-order valence-corrected chi connectivity index (χ3v) is 14.0. The molecule has 0 saturated carbocycles. The van der Waals surface area contributed by atoms with Gasteiger partial charge in [0, 0.05) is 16.7 Å². The summed E-state index contributed by atoms with van der Waals surface area (Å²) in [7, 11) is 0. The van der Waals surface area contributed by atoms with Gasteiger partial charge in [-0.05, 0) is 100 Å². The summed E-state index contributed by atoms with van der Waals surface area (Å²) in [5.74, 6) is 0.682. The third kappa shape index (κ3) is 6.26. The Kier molecular flexibility index (Phi) is 9.11. The maximum Gasteiger partial charge on any atom is 0.160 e. The van der Waals surface area contributed by atoms with Gasteiger partial charge in [-0.2, -0.15) is 0 Å². The minimum absolute atomic E-state index is 0.523. The van der Waals surface area contributed by atoms with E-state index in [1.54, 1.807) is 0 Å². The Morgan fingerprint density at radius 3 is 1.55 bits per heavy atom. The van der Waals surface area contributed by atoms with Crippen molar-refractivity contribution in [2.75, 3.05) is 0 Å². The van der Waals surface area contributed by atoms with Gasteiger partial charge in [-0.1, -0.05) is 243 Å². The second-order valence-electron chi connectivity index (χ2n) is 17.6. The Balaban J connectivity index is 1.01. The predicted molar refractivity (Wildman–Crippen MR) is 279 cm³/mol. The van der Waals surface area contributed by atoms with Crippen molar-refractivity contribution in [3.05, 3.63) is 277 Å². The van der Waals surface area contributed by atoms with Crippen LogP contribution in [0.3, 0.4) is 0 Å². The standard InChI is InChI=1S/C65H42N2/c1-4-17-43(18-5-1)44-31-33-46(34-32-44)60-42-61(56-28-16-30-59-63(56)55-27-14-15-29-58(55)65(59,50-21-6-2-7-22-50)51-23-8-3-9-24-51)67-64(66-60)48-37-35-47(36-38-48)62-53-26-13-11-20-49(53)41-57-52-25-12-10-19-45(52)39-40-54(57)62/h1-42H. The summed E-state index contributed by atoms with van der Waals surface area (Å²) in [5.41, 5.74) is 16.4. The highest BCUT2D eigenvalue weighted by atomic mass is 14.9. The molecule has 1 heterocycles. The molecule has 1 aliphatic carbocycles. The van der Waals surface area contributed by atoms with Crippen LogP contribution in [0.1, 0.15) is 22.3 Å². The number of hydrogen-bond donors (Lipinski definition) is 0. The van der Waals surface area contributed by atoms with Gasteiger partial charge in [-0.25, -0.2) is 9.97 Å². The van der Waals surface area contributed by atoms with Crippen LogP contribution >= 0.6 is 0 Å². The number of benzene rings is 11. The van der Waals surface area contributed by atoms with Gasteiger partial charge >= 0.3 is 0 Å². The smallest absolute Gasteiger partial charge is 0.160 e. The Morgan fingerprint density at radius 1 is 0.269 bits per heavy atom. The average molecular weight is 851 g/mol. The highest BCUT2D eigenvalue weighted by Gasteiger charge is 2.46. The normalized spacial score (nSPS) is 12.6. The summed E-state index contributed by atoms with van der Waals surface area (Å²) in [6, 6.07) is 92.4. The van der Waals surface area contributed by atoms with Crippen molar-refractivity contribution in [3.63, 3.8) is 0 Å². The van der Waals surface area contributed by atoms with Crippen LogP contribution in [0.25, 0.3) is 99.6 Å². The van der Waals surface area contributed by atoms with Crippen LogP contribution in [-0.2, 0) is 5.41 Å². The molecule has 11 aromatic carbocycles. The summed E-state index contributed by atoms with van der Waals surface area (Å²) in [6.45, 7) is 0. The molecule has 2 nitrogen and oxygen atoms in total. The lowest BCUT2D eigenvalue weighted by Gasteiger charge is -2.33. The molecule has 0 unspecified atom stereocenters. The number of nitrogens with zero attached hydrogens (tertiary/aromatic N) is 2. The third-order valence-electron chi connectivity index (χ3n) is 14.0. The monoisotopic (exact) mass is 850 g/mol. The lowest BCUT2D eigenvalue weighted by Crippen LogP contribution is -2.28. The molecule has 0 fully saturated rings. The lowest BCUT2D eigenvalue weighted by molar-refractivity contribution is 0.768. The Bertz CT molecular complexity index is 3780. The quantitative estimate of drug-likeness (QED) is 0.118. The van der Waals surface area contributed by atoms with Crippen LogP contribution < -0.4 is 0 Å². The molecule has 13 rings (SSSR count). The summed E-state index contributed by atoms with van der Waals surface area (Å²) < 4.78 is 0. The van der Waals surface area contributed by atoms with Gasteiger partial charge < -0.3 is 0 Å². The Hall–Kier alpha value is -8.72. The molecule has 12 aromatic rings. The summed E-state index contributed by atoms with van der Waals surface area (Å²) >= 11 is 0. The van der Waals surface area contributed by atoms with E-state index in [0.717, 1.165) is 33.6 Å². The van der Waals surface area contributed by atoms with Crippen molar-refractivity contribution >= 4 is 32.3 Å². The molecule has 1 aromatic heterocycles. The van der Waals surface area contributed by atoms with E-state index in [1.165, 1.54) is 82.4 Å². The van der Waals surface area contributed by atoms with Gasteiger partial charge in [0.25, 0.3) is 0 Å². The van der Waals surface area contributed by atoms with E-state index in [1.807, 2.05) is 0 Å². The molecule has 0 N–H and O–H groups in total. The van der Waals surface area contributed by atoms with E-state index in [2.05, 4.69) is 255 Å². The Morgan fingerprint density at radius 2 is 0.806 bits per heavy atom. The summed E-state index contributed by atoms with van der Waals surface area (Å²) in [6.07, 6.45) is 0. The fourth-order valence-electron chi connectivity index (χ4n) is 11.0. The van der Waals surface area contributed by atoms with Gasteiger partial charge in [0.15, 0.2) is 5.82 Å². The van der Waals surface area contributed by atoms with E-state index in [-0.39, 0.29) is 0 Å².